The molecule has 8 heteroatoms. The molecule has 1 amide bonds. The molecule has 1 N–H and O–H groups in total. The predicted molar refractivity (Wildman–Crippen MR) is 114 cm³/mol. The Morgan fingerprint density at radius 3 is 2.67 bits per heavy atom. The van der Waals surface area contributed by atoms with Crippen molar-refractivity contribution in [1.29, 1.82) is 0 Å². The van der Waals surface area contributed by atoms with Crippen LogP contribution in [0.1, 0.15) is 22.5 Å². The van der Waals surface area contributed by atoms with Crippen LogP contribution in [0.3, 0.4) is 0 Å². The molecular formula is C22H21ClN2O4S. The van der Waals surface area contributed by atoms with E-state index in [2.05, 4.69) is 5.32 Å². The van der Waals surface area contributed by atoms with Gasteiger partial charge in [0.15, 0.2) is 5.76 Å². The maximum atomic E-state index is 13.0. The molecule has 6 nitrogen and oxygen atoms in total. The SMILES string of the molecule is Cc1ccc(S(=O)(=O)N2C[C@H]3C[C@H](NC(=O)c4cc5cc(Cl)ccc5o4)[C@H]3C2)cc1. The zero-order valence-corrected chi connectivity index (χ0v) is 17.9. The molecule has 2 fully saturated rings. The van der Waals surface area contributed by atoms with Crippen LogP contribution in [0, 0.1) is 18.8 Å². The van der Waals surface area contributed by atoms with E-state index in [9.17, 15) is 13.2 Å². The number of halogens is 1. The Bertz CT molecular complexity index is 1240. The molecule has 2 heterocycles. The molecule has 2 aliphatic rings. The molecule has 5 rings (SSSR count). The van der Waals surface area contributed by atoms with Crippen LogP contribution in [0.5, 0.6) is 0 Å². The van der Waals surface area contributed by atoms with Crippen LogP contribution in [0.25, 0.3) is 11.0 Å². The van der Waals surface area contributed by atoms with Gasteiger partial charge in [-0.2, -0.15) is 4.31 Å². The first-order valence-electron chi connectivity index (χ1n) is 9.88. The van der Waals surface area contributed by atoms with Crippen LogP contribution < -0.4 is 5.32 Å². The molecule has 1 saturated heterocycles. The summed E-state index contributed by atoms with van der Waals surface area (Å²) in [5, 5.41) is 4.37. The number of benzene rings is 2. The van der Waals surface area contributed by atoms with Gasteiger partial charge in [0.25, 0.3) is 5.91 Å². The average Bonchev–Trinajstić information content (AvgIpc) is 3.27. The summed E-state index contributed by atoms with van der Waals surface area (Å²) in [4.78, 5) is 13.0. The number of carbonyl (C=O) groups excluding carboxylic acids is 1. The Hall–Kier alpha value is -2.35. The molecular weight excluding hydrogens is 424 g/mol. The lowest BCUT2D eigenvalue weighted by Gasteiger charge is -2.39. The molecule has 30 heavy (non-hydrogen) atoms. The van der Waals surface area contributed by atoms with Gasteiger partial charge in [-0.25, -0.2) is 8.42 Å². The molecule has 3 atom stereocenters. The summed E-state index contributed by atoms with van der Waals surface area (Å²) in [6, 6.07) is 13.7. The van der Waals surface area contributed by atoms with E-state index in [4.69, 9.17) is 16.0 Å². The summed E-state index contributed by atoms with van der Waals surface area (Å²) < 4.78 is 33.1. The first kappa shape index (κ1) is 19.6. The normalized spacial score (nSPS) is 23.9. The van der Waals surface area contributed by atoms with E-state index in [1.54, 1.807) is 52.8 Å². The zero-order chi connectivity index (χ0) is 21.0. The first-order valence-corrected chi connectivity index (χ1v) is 11.7. The lowest BCUT2D eigenvalue weighted by molar-refractivity contribution is 0.0807. The monoisotopic (exact) mass is 444 g/mol. The Morgan fingerprint density at radius 2 is 1.90 bits per heavy atom. The second-order valence-electron chi connectivity index (χ2n) is 8.17. The van der Waals surface area contributed by atoms with Crippen molar-refractivity contribution in [2.24, 2.45) is 11.8 Å². The molecule has 0 spiro atoms. The van der Waals surface area contributed by atoms with Crippen LogP contribution >= 0.6 is 11.6 Å². The number of rotatable bonds is 4. The van der Waals surface area contributed by atoms with Crippen LogP contribution in [0.2, 0.25) is 5.02 Å². The van der Waals surface area contributed by atoms with Gasteiger partial charge in [-0.1, -0.05) is 29.3 Å². The minimum atomic E-state index is -3.52. The molecule has 1 aromatic heterocycles. The summed E-state index contributed by atoms with van der Waals surface area (Å²) in [5.74, 6) is 0.335. The number of aryl methyl sites for hydroxylation is 1. The van der Waals surface area contributed by atoms with Gasteiger partial charge in [0.1, 0.15) is 5.58 Å². The summed E-state index contributed by atoms with van der Waals surface area (Å²) in [7, 11) is -3.52. The molecule has 0 radical (unpaired) electrons. The van der Waals surface area contributed by atoms with Crippen LogP contribution in [0.4, 0.5) is 0 Å². The number of nitrogens with one attached hydrogen (secondary N) is 1. The van der Waals surface area contributed by atoms with Crippen LogP contribution in [0.15, 0.2) is 57.8 Å². The molecule has 2 aromatic carbocycles. The number of furan rings is 1. The number of sulfonamides is 1. The maximum absolute atomic E-state index is 13.0. The number of amides is 1. The topological polar surface area (TPSA) is 79.6 Å². The minimum Gasteiger partial charge on any atom is -0.451 e. The lowest BCUT2D eigenvalue weighted by atomic mass is 9.71. The van der Waals surface area contributed by atoms with E-state index in [0.29, 0.717) is 28.6 Å². The number of hydrogen-bond acceptors (Lipinski definition) is 4. The van der Waals surface area contributed by atoms with Crippen molar-refractivity contribution in [3.63, 3.8) is 0 Å². The largest absolute Gasteiger partial charge is 0.451 e. The van der Waals surface area contributed by atoms with Crippen molar-refractivity contribution in [2.75, 3.05) is 13.1 Å². The first-order chi connectivity index (χ1) is 14.3. The number of fused-ring (bicyclic) bond motifs is 2. The number of hydrogen-bond donors (Lipinski definition) is 1. The van der Waals surface area contributed by atoms with Crippen molar-refractivity contribution < 1.29 is 17.6 Å². The fourth-order valence-corrected chi connectivity index (χ4v) is 6.17. The van der Waals surface area contributed by atoms with Gasteiger partial charge in [-0.15, -0.1) is 0 Å². The fraction of sp³-hybridized carbons (Fsp3) is 0.318. The molecule has 1 saturated carbocycles. The van der Waals surface area contributed by atoms with Crippen molar-refractivity contribution in [3.05, 3.63) is 64.9 Å². The number of carbonyl (C=O) groups is 1. The third kappa shape index (κ3) is 3.31. The van der Waals surface area contributed by atoms with Gasteiger partial charge in [0.05, 0.1) is 4.90 Å². The van der Waals surface area contributed by atoms with Gasteiger partial charge in [0, 0.05) is 29.5 Å². The predicted octanol–water partition coefficient (Wildman–Crippen LogP) is 3.83. The van der Waals surface area contributed by atoms with E-state index in [1.165, 1.54) is 0 Å². The molecule has 1 aliphatic heterocycles. The van der Waals surface area contributed by atoms with Gasteiger partial charge in [-0.3, -0.25) is 4.79 Å². The van der Waals surface area contributed by atoms with Gasteiger partial charge < -0.3 is 9.73 Å². The molecule has 3 aromatic rings. The smallest absolute Gasteiger partial charge is 0.287 e. The Balaban J connectivity index is 1.27. The van der Waals surface area contributed by atoms with Crippen molar-refractivity contribution in [2.45, 2.75) is 24.3 Å². The van der Waals surface area contributed by atoms with Gasteiger partial charge >= 0.3 is 0 Å². The Morgan fingerprint density at radius 1 is 1.13 bits per heavy atom. The summed E-state index contributed by atoms with van der Waals surface area (Å²) in [5.41, 5.74) is 1.62. The highest BCUT2D eigenvalue weighted by molar-refractivity contribution is 7.89. The van der Waals surface area contributed by atoms with Gasteiger partial charge in [-0.05, 0) is 61.6 Å². The van der Waals surface area contributed by atoms with Gasteiger partial charge in [0.2, 0.25) is 10.0 Å². The minimum absolute atomic E-state index is 0.0579. The highest BCUT2D eigenvalue weighted by Crippen LogP contribution is 2.43. The van der Waals surface area contributed by atoms with E-state index in [0.717, 1.165) is 17.4 Å². The Labute approximate surface area is 179 Å². The average molecular weight is 445 g/mol. The second-order valence-corrected chi connectivity index (χ2v) is 10.5. The maximum Gasteiger partial charge on any atom is 0.287 e. The molecule has 1 aliphatic carbocycles. The standard InChI is InChI=1S/C22H21ClN2O4S/c1-13-2-5-17(6-3-13)30(27,28)25-11-15-9-19(18(15)12-25)24-22(26)21-10-14-8-16(23)4-7-20(14)29-21/h2-8,10,15,18-19H,9,11-12H2,1H3,(H,24,26)/t15-,18+,19+/m1/s1. The molecule has 0 bridgehead atoms. The quantitative estimate of drug-likeness (QED) is 0.663. The van der Waals surface area contributed by atoms with E-state index in [1.807, 2.05) is 6.92 Å². The molecule has 156 valence electrons. The summed E-state index contributed by atoms with van der Waals surface area (Å²) >= 11 is 5.99. The van der Waals surface area contributed by atoms with Crippen LogP contribution in [-0.4, -0.2) is 37.8 Å². The summed E-state index contributed by atoms with van der Waals surface area (Å²) in [6.45, 7) is 2.84. The van der Waals surface area contributed by atoms with E-state index < -0.39 is 10.0 Å². The highest BCUT2D eigenvalue weighted by atomic mass is 35.5. The molecule has 0 unspecified atom stereocenters. The third-order valence-electron chi connectivity index (χ3n) is 6.21. The third-order valence-corrected chi connectivity index (χ3v) is 8.29. The zero-order valence-electron chi connectivity index (χ0n) is 16.3. The second kappa shape index (κ2) is 7.11. The van der Waals surface area contributed by atoms with Crippen molar-refractivity contribution in [1.82, 2.24) is 9.62 Å². The Kier molecular flexibility index (Phi) is 4.65. The fourth-order valence-electron chi connectivity index (χ4n) is 4.45. The van der Waals surface area contributed by atoms with E-state index in [-0.39, 0.29) is 29.5 Å². The lowest BCUT2D eigenvalue weighted by Crippen LogP contribution is -2.51. The number of nitrogens with zero attached hydrogens (tertiary/aromatic N) is 1. The van der Waals surface area contributed by atoms with Crippen molar-refractivity contribution in [3.8, 4) is 0 Å². The van der Waals surface area contributed by atoms with Crippen LogP contribution in [-0.2, 0) is 10.0 Å². The highest BCUT2D eigenvalue weighted by Gasteiger charge is 2.50. The van der Waals surface area contributed by atoms with E-state index >= 15 is 0 Å². The van der Waals surface area contributed by atoms with Crippen molar-refractivity contribution >= 4 is 38.5 Å². The summed E-state index contributed by atoms with van der Waals surface area (Å²) in [6.07, 6.45) is 0.766.